The Balaban J connectivity index is 0.000000582. The molecule has 8 aromatic carbocycles. The third-order valence-electron chi connectivity index (χ3n) is 19.7. The van der Waals surface area contributed by atoms with Crippen molar-refractivity contribution in [3.8, 4) is 0 Å². The lowest BCUT2D eigenvalue weighted by Crippen LogP contribution is -2.61. The summed E-state index contributed by atoms with van der Waals surface area (Å²) < 4.78 is 131. The summed E-state index contributed by atoms with van der Waals surface area (Å²) in [4.78, 5) is 0. The quantitative estimate of drug-likeness (QED) is 0.155. The van der Waals surface area contributed by atoms with E-state index in [2.05, 4.69) is 330 Å². The smallest absolute Gasteiger partial charge is 0.210 e. The molecule has 2 aliphatic carbocycles. The topological polar surface area (TPSA) is 0 Å². The highest BCUT2D eigenvalue weighted by atomic mass is 19.3. The van der Waals surface area contributed by atoms with Crippen LogP contribution in [0, 0.1) is 120 Å². The molecule has 0 heterocycles. The highest BCUT2D eigenvalue weighted by Crippen LogP contribution is 2.60. The lowest BCUT2D eigenvalue weighted by molar-refractivity contribution is -0.327. The van der Waals surface area contributed by atoms with E-state index in [1.165, 1.54) is 121 Å². The molecule has 0 aliphatic heterocycles. The molecule has 0 amide bonds. The van der Waals surface area contributed by atoms with Gasteiger partial charge in [0.2, 0.25) is 6.43 Å². The molecule has 0 saturated heterocycles. The van der Waals surface area contributed by atoms with Crippen LogP contribution in [0.1, 0.15) is 242 Å². The normalized spacial score (nSPS) is 17.7. The molecule has 0 N–H and O–H groups in total. The first-order valence-corrected chi connectivity index (χ1v) is 36.8. The Bertz CT molecular complexity index is 3720. The Labute approximate surface area is 624 Å². The van der Waals surface area contributed by atoms with Gasteiger partial charge in [0, 0.05) is 17.3 Å². The van der Waals surface area contributed by atoms with E-state index in [1.54, 1.807) is 0 Å². The molecule has 8 aromatic rings. The van der Waals surface area contributed by atoms with Gasteiger partial charge in [-0.1, -0.05) is 312 Å². The second-order valence-corrected chi connectivity index (χ2v) is 32.5. The fourth-order valence-electron chi connectivity index (χ4n) is 11.8. The monoisotopic (exact) mass is 1450 g/mol. The number of rotatable bonds is 3. The summed E-state index contributed by atoms with van der Waals surface area (Å²) in [5.74, 6) is -18.3. The first-order chi connectivity index (χ1) is 47.6. The first-order valence-electron chi connectivity index (χ1n) is 36.8. The van der Waals surface area contributed by atoms with Gasteiger partial charge in [-0.3, -0.25) is 0 Å². The van der Waals surface area contributed by atoms with Gasteiger partial charge in [0.1, 0.15) is 0 Å². The average molecular weight is 1450 g/mol. The first kappa shape index (κ1) is 95.1. The van der Waals surface area contributed by atoms with Crippen LogP contribution in [0.25, 0.3) is 0 Å². The lowest BCUT2D eigenvalue weighted by atomic mass is 9.67. The molecule has 576 valence electrons. The van der Waals surface area contributed by atoms with E-state index in [1.807, 2.05) is 18.2 Å². The van der Waals surface area contributed by atoms with Crippen LogP contribution in [0.4, 0.5) is 43.9 Å². The van der Waals surface area contributed by atoms with Crippen LogP contribution in [-0.4, -0.2) is 30.1 Å². The van der Waals surface area contributed by atoms with E-state index >= 15 is 0 Å². The number of alkyl halides is 10. The minimum atomic E-state index is -4.66. The average Bonchev–Trinajstić information content (AvgIpc) is 0.743. The Morgan fingerprint density at radius 1 is 0.317 bits per heavy atom. The number of halogens is 10. The summed E-state index contributed by atoms with van der Waals surface area (Å²) in [5.41, 5.74) is 21.0. The third kappa shape index (κ3) is 29.4. The summed E-state index contributed by atoms with van der Waals surface area (Å²) >= 11 is 0. The van der Waals surface area contributed by atoms with Crippen molar-refractivity contribution in [3.63, 3.8) is 0 Å². The Hall–Kier alpha value is -6.94. The second-order valence-electron chi connectivity index (χ2n) is 32.5. The summed E-state index contributed by atoms with van der Waals surface area (Å²) in [6.07, 6.45) is -4.05. The largest absolute Gasteiger partial charge is 0.321 e. The summed E-state index contributed by atoms with van der Waals surface area (Å²) in [6.45, 7) is 57.4. The van der Waals surface area contributed by atoms with Gasteiger partial charge in [0.05, 0.1) is 5.41 Å². The molecule has 2 saturated carbocycles. The summed E-state index contributed by atoms with van der Waals surface area (Å²) in [5, 5.41) is 0. The highest BCUT2D eigenvalue weighted by Gasteiger charge is 2.74. The van der Waals surface area contributed by atoms with Gasteiger partial charge in [-0.2, -0.15) is 35.1 Å². The van der Waals surface area contributed by atoms with Crippen LogP contribution in [0.2, 0.25) is 0 Å². The van der Waals surface area contributed by atoms with E-state index in [4.69, 9.17) is 0 Å². The van der Waals surface area contributed by atoms with Crippen LogP contribution in [0.3, 0.4) is 0 Å². The van der Waals surface area contributed by atoms with Gasteiger partial charge in [-0.15, -0.1) is 0 Å². The van der Waals surface area contributed by atoms with Gasteiger partial charge in [-0.05, 0) is 219 Å². The van der Waals surface area contributed by atoms with Gasteiger partial charge < -0.3 is 0 Å². The van der Waals surface area contributed by atoms with Crippen LogP contribution in [-0.2, 0) is 10.8 Å². The molecular formula is C94H130F10. The maximum Gasteiger partial charge on any atom is 0.321 e. The van der Waals surface area contributed by atoms with Gasteiger partial charge in [0.15, 0.2) is 0 Å². The van der Waals surface area contributed by atoms with E-state index in [0.29, 0.717) is 18.8 Å². The Morgan fingerprint density at radius 2 is 0.635 bits per heavy atom. The number of hydrogen-bond donors (Lipinski definition) is 0. The van der Waals surface area contributed by atoms with E-state index in [0.717, 1.165) is 6.92 Å². The summed E-state index contributed by atoms with van der Waals surface area (Å²) in [7, 11) is 0. The van der Waals surface area contributed by atoms with E-state index in [9.17, 15) is 43.9 Å². The fraction of sp³-hybridized carbons (Fsp3) is 0.489. The van der Waals surface area contributed by atoms with Crippen molar-refractivity contribution in [1.29, 1.82) is 0 Å². The minimum absolute atomic E-state index is 0.150. The molecule has 0 spiro atoms. The molecule has 1 unspecified atom stereocenters. The zero-order valence-corrected chi connectivity index (χ0v) is 68.8. The predicted molar refractivity (Wildman–Crippen MR) is 428 cm³/mol. The van der Waals surface area contributed by atoms with Crippen LogP contribution in [0.15, 0.2) is 182 Å². The number of hydrogen-bond acceptors (Lipinski definition) is 0. The molecule has 10 heteroatoms. The molecule has 0 nitrogen and oxygen atoms in total. The van der Waals surface area contributed by atoms with Crippen molar-refractivity contribution < 1.29 is 43.9 Å². The van der Waals surface area contributed by atoms with Crippen molar-refractivity contribution >= 4 is 0 Å². The standard InChI is InChI=1S/C12H18.2C11H16.C10H14.C9H12F6.C9H14F4.C9H12.2C8H10.C7H8/c1-9-6-7-10(2)11(8-9)12(3,4)5;1-8(2)11-7-9(3)5-6-10(11)4;1-9-7-5-6-8-10(9)11(2,3)4;1-8(2)10-7-5-4-6-9(10)3;1-5-3-4-7(2,6(10)11)9(14,15)8(5,12)13;1-6-4-5-7(2,3)9(12,13)8(6,10)11;1-7-4-5-8(2)9(3)6-7;1-7-3-5-8(2)6-4-7;1-7-5-3-4-6-8(7)2;1-7-5-3-2-4-6-7/h6-8H,1-5H3;2*5-8H,1-4H3;4-8H,1-3H3;5-6H,3-4H2,1-2H3;6H,4-5H2,1-3H3;4-6H,1-3H3;2*3-6H,1-2H3;2-6H,1H3/t;;;;5-,7?;6-;;;;/m....11..../s1. The molecule has 0 radical (unpaired) electrons. The fourth-order valence-corrected chi connectivity index (χ4v) is 11.8. The molecule has 104 heavy (non-hydrogen) atoms. The maximum absolute atomic E-state index is 13.3. The van der Waals surface area contributed by atoms with Crippen molar-refractivity contribution in [2.45, 2.75) is 279 Å². The maximum atomic E-state index is 13.3. The molecule has 2 fully saturated rings. The zero-order valence-electron chi connectivity index (χ0n) is 68.8. The zero-order chi connectivity index (χ0) is 80.3. The molecular weight excluding hydrogens is 1320 g/mol. The second kappa shape index (κ2) is 41.8. The number of benzene rings is 8. The van der Waals surface area contributed by atoms with Crippen molar-refractivity contribution in [2.24, 2.45) is 22.7 Å². The highest BCUT2D eigenvalue weighted by molar-refractivity contribution is 5.36. The van der Waals surface area contributed by atoms with E-state index in [-0.39, 0.29) is 30.1 Å². The minimum Gasteiger partial charge on any atom is -0.210 e. The Morgan fingerprint density at radius 3 is 0.962 bits per heavy atom. The van der Waals surface area contributed by atoms with Crippen LogP contribution < -0.4 is 0 Å². The molecule has 2 aliphatic rings. The Kier molecular flexibility index (Phi) is 38.2. The van der Waals surface area contributed by atoms with Crippen molar-refractivity contribution in [2.75, 3.05) is 0 Å². The van der Waals surface area contributed by atoms with Crippen molar-refractivity contribution in [1.82, 2.24) is 0 Å². The molecule has 10 rings (SSSR count). The van der Waals surface area contributed by atoms with Crippen LogP contribution >= 0.6 is 0 Å². The number of aryl methyl sites for hydroxylation is 14. The summed E-state index contributed by atoms with van der Waals surface area (Å²) in [6, 6.07) is 64.0. The molecule has 0 bridgehead atoms. The lowest BCUT2D eigenvalue weighted by Gasteiger charge is -2.47. The molecule has 3 atom stereocenters. The predicted octanol–water partition coefficient (Wildman–Crippen LogP) is 30.3. The van der Waals surface area contributed by atoms with E-state index < -0.39 is 59.2 Å². The third-order valence-corrected chi connectivity index (χ3v) is 19.7. The van der Waals surface area contributed by atoms with Gasteiger partial charge in [0.25, 0.3) is 0 Å². The van der Waals surface area contributed by atoms with Gasteiger partial charge >= 0.3 is 23.7 Å². The van der Waals surface area contributed by atoms with Gasteiger partial charge in [-0.25, -0.2) is 8.78 Å². The molecule has 0 aromatic heterocycles. The van der Waals surface area contributed by atoms with Crippen molar-refractivity contribution in [3.05, 3.63) is 282 Å². The van der Waals surface area contributed by atoms with Crippen LogP contribution in [0.5, 0.6) is 0 Å². The SMILES string of the molecule is C[C@@H]1CCC(C)(C(F)F)C(F)(F)C1(F)F.C[C@@H]1CCC(C)(C)C(F)(F)C1(F)F.Cc1ccc(C)c(C(C)(C)C)c1.Cc1ccc(C)c(C(C)C)c1.Cc1ccc(C)c(C)c1.Cc1ccc(C)cc1.Cc1ccccc1.Cc1ccccc1C.Cc1ccccc1C(C)(C)C.Cc1ccccc1C(C)C.